The lowest BCUT2D eigenvalue weighted by Crippen LogP contribution is -2.21. The first kappa shape index (κ1) is 14.4. The predicted molar refractivity (Wildman–Crippen MR) is 62.0 cm³/mol. The number of benzene rings is 1. The summed E-state index contributed by atoms with van der Waals surface area (Å²) in [6, 6.07) is 1.45. The molecule has 1 aromatic rings. The van der Waals surface area contributed by atoms with Crippen LogP contribution in [0.25, 0.3) is 0 Å². The molecule has 0 aliphatic carbocycles. The Morgan fingerprint density at radius 1 is 1.32 bits per heavy atom. The highest BCUT2D eigenvalue weighted by molar-refractivity contribution is 6.40. The number of hydrogen-bond acceptors (Lipinski definition) is 7. The molecular weight excluding hydrogens is 258 g/mol. The maximum atomic E-state index is 11.6. The maximum absolute atomic E-state index is 11.6. The molecule has 0 unspecified atom stereocenters. The maximum Gasteiger partial charge on any atom is 0.379 e. The van der Waals surface area contributed by atoms with Gasteiger partial charge in [-0.3, -0.25) is 14.9 Å². The fourth-order valence-corrected chi connectivity index (χ4v) is 1.26. The van der Waals surface area contributed by atoms with Crippen molar-refractivity contribution in [3.8, 4) is 11.5 Å². The molecule has 0 aromatic heterocycles. The average molecular weight is 269 g/mol. The minimum absolute atomic E-state index is 0.437. The van der Waals surface area contributed by atoms with Gasteiger partial charge in [0.15, 0.2) is 5.75 Å². The Morgan fingerprint density at radius 3 is 2.37 bits per heavy atom. The smallest absolute Gasteiger partial charge is 0.379 e. The standard InChI is InChI=1S/C11H11NO7/c1-5(2)19-11(16)9(14)6-3-7(12(17)18)10(15)8(13)4-6/h3-5,13,15H,1-2H3. The van der Waals surface area contributed by atoms with E-state index in [1.807, 2.05) is 0 Å². The SMILES string of the molecule is CC(C)OC(=O)C(=O)c1cc(O)c(O)c([N+](=O)[O-])c1. The van der Waals surface area contributed by atoms with E-state index < -0.39 is 45.5 Å². The summed E-state index contributed by atoms with van der Waals surface area (Å²) >= 11 is 0. The van der Waals surface area contributed by atoms with E-state index in [0.29, 0.717) is 6.07 Å². The van der Waals surface area contributed by atoms with Crippen molar-refractivity contribution >= 4 is 17.4 Å². The van der Waals surface area contributed by atoms with E-state index in [4.69, 9.17) is 0 Å². The van der Waals surface area contributed by atoms with Crippen molar-refractivity contribution in [3.63, 3.8) is 0 Å². The molecule has 0 saturated carbocycles. The lowest BCUT2D eigenvalue weighted by Gasteiger charge is -2.07. The molecule has 0 bridgehead atoms. The number of aromatic hydroxyl groups is 2. The van der Waals surface area contributed by atoms with Gasteiger partial charge in [-0.1, -0.05) is 0 Å². The molecular formula is C11H11NO7. The molecule has 0 spiro atoms. The number of Topliss-reactive ketones (excluding diaryl/α,β-unsaturated/α-hetero) is 1. The van der Waals surface area contributed by atoms with Crippen molar-refractivity contribution in [2.75, 3.05) is 0 Å². The monoisotopic (exact) mass is 269 g/mol. The zero-order valence-corrected chi connectivity index (χ0v) is 10.1. The number of carbonyl (C=O) groups excluding carboxylic acids is 2. The number of carbonyl (C=O) groups is 2. The van der Waals surface area contributed by atoms with Gasteiger partial charge in [0.25, 0.3) is 5.78 Å². The first-order chi connectivity index (χ1) is 8.73. The normalized spacial score (nSPS) is 10.3. The summed E-state index contributed by atoms with van der Waals surface area (Å²) < 4.78 is 4.63. The summed E-state index contributed by atoms with van der Waals surface area (Å²) in [4.78, 5) is 32.6. The number of nitrogens with zero attached hydrogens (tertiary/aromatic N) is 1. The number of hydrogen-bond donors (Lipinski definition) is 2. The van der Waals surface area contributed by atoms with Gasteiger partial charge in [-0.2, -0.15) is 0 Å². The average Bonchev–Trinajstić information content (AvgIpc) is 2.30. The predicted octanol–water partition coefficient (Wildman–Crippen LogP) is 1.14. The van der Waals surface area contributed by atoms with Crippen molar-refractivity contribution in [1.29, 1.82) is 0 Å². The largest absolute Gasteiger partial charge is 0.504 e. The third-order valence-electron chi connectivity index (χ3n) is 2.06. The van der Waals surface area contributed by atoms with E-state index in [2.05, 4.69) is 4.74 Å². The highest BCUT2D eigenvalue weighted by atomic mass is 16.6. The molecule has 1 rings (SSSR count). The molecule has 1 aromatic carbocycles. The Labute approximate surface area is 107 Å². The summed E-state index contributed by atoms with van der Waals surface area (Å²) in [6.45, 7) is 3.06. The molecule has 19 heavy (non-hydrogen) atoms. The number of phenolic OH excluding ortho intramolecular Hbond substituents is 2. The Balaban J connectivity index is 3.18. The van der Waals surface area contributed by atoms with Gasteiger partial charge in [-0.05, 0) is 19.9 Å². The Morgan fingerprint density at radius 2 is 1.89 bits per heavy atom. The minimum atomic E-state index is -1.20. The summed E-state index contributed by atoms with van der Waals surface area (Å²) in [7, 11) is 0. The number of nitro groups is 1. The van der Waals surface area contributed by atoms with E-state index >= 15 is 0 Å². The molecule has 0 atom stereocenters. The van der Waals surface area contributed by atoms with Crippen LogP contribution in [0.5, 0.6) is 11.5 Å². The third-order valence-corrected chi connectivity index (χ3v) is 2.06. The molecule has 0 aliphatic rings. The highest BCUT2D eigenvalue weighted by Crippen LogP contribution is 2.36. The van der Waals surface area contributed by atoms with Crippen molar-refractivity contribution in [3.05, 3.63) is 27.8 Å². The van der Waals surface area contributed by atoms with Crippen molar-refractivity contribution in [2.45, 2.75) is 20.0 Å². The molecule has 0 radical (unpaired) electrons. The Hall–Kier alpha value is -2.64. The lowest BCUT2D eigenvalue weighted by atomic mass is 10.1. The number of phenols is 2. The zero-order valence-electron chi connectivity index (χ0n) is 10.1. The van der Waals surface area contributed by atoms with Gasteiger partial charge in [0.1, 0.15) is 0 Å². The van der Waals surface area contributed by atoms with Crippen LogP contribution in [0.15, 0.2) is 12.1 Å². The molecule has 8 nitrogen and oxygen atoms in total. The zero-order chi connectivity index (χ0) is 14.7. The van der Waals surface area contributed by atoms with Crippen LogP contribution in [0.4, 0.5) is 5.69 Å². The number of rotatable bonds is 4. The molecule has 0 saturated heterocycles. The molecule has 0 fully saturated rings. The van der Waals surface area contributed by atoms with Crippen molar-refractivity contribution in [1.82, 2.24) is 0 Å². The van der Waals surface area contributed by atoms with Crippen molar-refractivity contribution < 1.29 is 29.5 Å². The lowest BCUT2D eigenvalue weighted by molar-refractivity contribution is -0.386. The summed E-state index contributed by atoms with van der Waals surface area (Å²) in [5.74, 6) is -4.19. The van der Waals surface area contributed by atoms with Crippen molar-refractivity contribution in [2.24, 2.45) is 0 Å². The molecule has 2 N–H and O–H groups in total. The first-order valence-electron chi connectivity index (χ1n) is 5.19. The number of nitro benzene ring substituents is 1. The summed E-state index contributed by atoms with van der Waals surface area (Å²) in [5, 5.41) is 29.1. The van der Waals surface area contributed by atoms with Gasteiger partial charge < -0.3 is 14.9 Å². The van der Waals surface area contributed by atoms with Crippen LogP contribution in [0.2, 0.25) is 0 Å². The Bertz CT molecular complexity index is 550. The topological polar surface area (TPSA) is 127 Å². The highest BCUT2D eigenvalue weighted by Gasteiger charge is 2.26. The van der Waals surface area contributed by atoms with Crippen LogP contribution in [0.3, 0.4) is 0 Å². The first-order valence-corrected chi connectivity index (χ1v) is 5.19. The minimum Gasteiger partial charge on any atom is -0.504 e. The second-order valence-corrected chi connectivity index (χ2v) is 3.90. The molecule has 0 aliphatic heterocycles. The second-order valence-electron chi connectivity index (χ2n) is 3.90. The van der Waals surface area contributed by atoms with Crippen LogP contribution in [0.1, 0.15) is 24.2 Å². The Kier molecular flexibility index (Phi) is 4.05. The second kappa shape index (κ2) is 5.34. The third kappa shape index (κ3) is 3.18. The van der Waals surface area contributed by atoms with Gasteiger partial charge in [0.2, 0.25) is 5.75 Å². The van der Waals surface area contributed by atoms with Crippen LogP contribution in [-0.2, 0) is 9.53 Å². The van der Waals surface area contributed by atoms with Crippen LogP contribution in [-0.4, -0.2) is 33.0 Å². The number of ether oxygens (including phenoxy) is 1. The van der Waals surface area contributed by atoms with E-state index in [-0.39, 0.29) is 0 Å². The fourth-order valence-electron chi connectivity index (χ4n) is 1.26. The van der Waals surface area contributed by atoms with Gasteiger partial charge in [-0.15, -0.1) is 0 Å². The number of ketones is 1. The van der Waals surface area contributed by atoms with Gasteiger partial charge in [0, 0.05) is 11.6 Å². The van der Waals surface area contributed by atoms with Crippen LogP contribution >= 0.6 is 0 Å². The van der Waals surface area contributed by atoms with Crippen LogP contribution < -0.4 is 0 Å². The summed E-state index contributed by atoms with van der Waals surface area (Å²) in [6.07, 6.45) is -0.530. The van der Waals surface area contributed by atoms with Gasteiger partial charge >= 0.3 is 11.7 Å². The van der Waals surface area contributed by atoms with Gasteiger partial charge in [-0.25, -0.2) is 4.79 Å². The quantitative estimate of drug-likeness (QED) is 0.209. The van der Waals surface area contributed by atoms with E-state index in [0.717, 1.165) is 6.07 Å². The van der Waals surface area contributed by atoms with E-state index in [1.54, 1.807) is 0 Å². The fraction of sp³-hybridized carbons (Fsp3) is 0.273. The molecule has 0 heterocycles. The van der Waals surface area contributed by atoms with E-state index in [9.17, 15) is 29.9 Å². The molecule has 8 heteroatoms. The van der Waals surface area contributed by atoms with Gasteiger partial charge in [0.05, 0.1) is 11.0 Å². The molecule has 102 valence electrons. The number of esters is 1. The summed E-state index contributed by atoms with van der Waals surface area (Å²) in [5.41, 5.74) is -1.31. The van der Waals surface area contributed by atoms with Crippen LogP contribution in [0, 0.1) is 10.1 Å². The van der Waals surface area contributed by atoms with E-state index in [1.165, 1.54) is 13.8 Å². The molecule has 0 amide bonds.